The largest absolute Gasteiger partial charge is 0.462 e. The summed E-state index contributed by atoms with van der Waals surface area (Å²) < 4.78 is 16.3. The van der Waals surface area contributed by atoms with Gasteiger partial charge < -0.3 is 14.2 Å². The highest BCUT2D eigenvalue weighted by molar-refractivity contribution is 5.71. The second-order valence-corrected chi connectivity index (χ2v) is 11.3. The van der Waals surface area contributed by atoms with E-state index in [2.05, 4.69) is 34.6 Å². The minimum atomic E-state index is -0.760. The molecule has 0 bridgehead atoms. The number of esters is 3. The van der Waals surface area contributed by atoms with Crippen LogP contribution in [0.2, 0.25) is 0 Å². The van der Waals surface area contributed by atoms with Crippen molar-refractivity contribution in [1.82, 2.24) is 0 Å². The quantitative estimate of drug-likeness (QED) is 0.0676. The van der Waals surface area contributed by atoms with Gasteiger partial charge in [-0.1, -0.05) is 112 Å². The molecule has 0 aliphatic carbocycles. The fraction of sp³-hybridized carbons (Fsp3) is 0.903. The molecule has 0 aromatic heterocycles. The van der Waals surface area contributed by atoms with Crippen LogP contribution in [0.25, 0.3) is 0 Å². The minimum absolute atomic E-state index is 0.0748. The molecule has 218 valence electrons. The Morgan fingerprint density at radius 3 is 1.32 bits per heavy atom. The molecule has 0 spiro atoms. The van der Waals surface area contributed by atoms with E-state index in [0.717, 1.165) is 57.8 Å². The normalized spacial score (nSPS) is 12.1. The second-order valence-electron chi connectivity index (χ2n) is 11.3. The molecule has 0 N–H and O–H groups in total. The lowest BCUT2D eigenvalue weighted by molar-refractivity contribution is -0.167. The van der Waals surface area contributed by atoms with Crippen molar-refractivity contribution in [3.8, 4) is 0 Å². The summed E-state index contributed by atoms with van der Waals surface area (Å²) >= 11 is 0. The molecule has 6 nitrogen and oxygen atoms in total. The Bertz CT molecular complexity index is 572. The molecular formula is C31H58O6. The maximum Gasteiger partial charge on any atom is 0.306 e. The van der Waals surface area contributed by atoms with Gasteiger partial charge in [-0.15, -0.1) is 0 Å². The first-order valence-electron chi connectivity index (χ1n) is 15.2. The Balaban J connectivity index is 4.33. The predicted octanol–water partition coefficient (Wildman–Crippen LogP) is 8.34. The van der Waals surface area contributed by atoms with E-state index < -0.39 is 6.10 Å². The van der Waals surface area contributed by atoms with E-state index in [1.54, 1.807) is 0 Å². The number of carbonyl (C=O) groups excluding carboxylic acids is 3. The SMILES string of the molecule is CCCCCCCCCCCC(=O)OCC(COC(=O)CCCCC(C)C)OC(=O)CCCCC(C)C. The topological polar surface area (TPSA) is 78.9 Å². The van der Waals surface area contributed by atoms with E-state index in [-0.39, 0.29) is 31.1 Å². The van der Waals surface area contributed by atoms with E-state index in [0.29, 0.717) is 31.1 Å². The summed E-state index contributed by atoms with van der Waals surface area (Å²) in [5.74, 6) is 0.292. The summed E-state index contributed by atoms with van der Waals surface area (Å²) in [6.45, 7) is 10.7. The van der Waals surface area contributed by atoms with Crippen LogP contribution in [0.5, 0.6) is 0 Å². The van der Waals surface area contributed by atoms with Crippen LogP contribution < -0.4 is 0 Å². The van der Waals surface area contributed by atoms with Gasteiger partial charge in [0, 0.05) is 19.3 Å². The van der Waals surface area contributed by atoms with Crippen molar-refractivity contribution in [3.05, 3.63) is 0 Å². The highest BCUT2D eigenvalue weighted by Crippen LogP contribution is 2.13. The van der Waals surface area contributed by atoms with E-state index in [1.807, 2.05) is 0 Å². The first-order chi connectivity index (χ1) is 17.7. The molecular weight excluding hydrogens is 468 g/mol. The lowest BCUT2D eigenvalue weighted by Gasteiger charge is -2.18. The number of rotatable bonds is 25. The molecule has 1 unspecified atom stereocenters. The first-order valence-corrected chi connectivity index (χ1v) is 15.2. The Morgan fingerprint density at radius 2 is 0.892 bits per heavy atom. The van der Waals surface area contributed by atoms with Gasteiger partial charge in [0.2, 0.25) is 0 Å². The van der Waals surface area contributed by atoms with Gasteiger partial charge >= 0.3 is 17.9 Å². The molecule has 0 aliphatic rings. The van der Waals surface area contributed by atoms with E-state index >= 15 is 0 Å². The third-order valence-corrected chi connectivity index (χ3v) is 6.47. The Hall–Kier alpha value is -1.59. The Kier molecular flexibility index (Phi) is 23.7. The molecule has 0 amide bonds. The van der Waals surface area contributed by atoms with Crippen LogP contribution in [0, 0.1) is 11.8 Å². The van der Waals surface area contributed by atoms with Gasteiger partial charge in [0.05, 0.1) is 0 Å². The van der Waals surface area contributed by atoms with Gasteiger partial charge in [-0.3, -0.25) is 14.4 Å². The summed E-state index contributed by atoms with van der Waals surface area (Å²) in [5.41, 5.74) is 0. The lowest BCUT2D eigenvalue weighted by atomic mass is 10.1. The fourth-order valence-electron chi connectivity index (χ4n) is 4.10. The molecule has 6 heteroatoms. The number of carbonyl (C=O) groups is 3. The van der Waals surface area contributed by atoms with Crippen LogP contribution in [-0.4, -0.2) is 37.2 Å². The van der Waals surface area contributed by atoms with Crippen LogP contribution in [0.4, 0.5) is 0 Å². The average molecular weight is 527 g/mol. The standard InChI is InChI=1S/C31H58O6/c1-6-7-8-9-10-11-12-13-14-21-29(32)35-24-28(37-31(34)23-18-16-20-27(4)5)25-36-30(33)22-17-15-19-26(2)3/h26-28H,6-25H2,1-5H3. The van der Waals surface area contributed by atoms with Crippen LogP contribution in [0.3, 0.4) is 0 Å². The minimum Gasteiger partial charge on any atom is -0.462 e. The highest BCUT2D eigenvalue weighted by atomic mass is 16.6. The summed E-state index contributed by atoms with van der Waals surface area (Å²) in [5, 5.41) is 0. The number of hydrogen-bond donors (Lipinski definition) is 0. The molecule has 0 saturated heterocycles. The molecule has 0 fully saturated rings. The van der Waals surface area contributed by atoms with Crippen molar-refractivity contribution in [2.45, 2.75) is 156 Å². The second kappa shape index (κ2) is 24.7. The molecule has 1 atom stereocenters. The third kappa shape index (κ3) is 25.8. The highest BCUT2D eigenvalue weighted by Gasteiger charge is 2.19. The van der Waals surface area contributed by atoms with Crippen LogP contribution in [0.1, 0.15) is 150 Å². The Morgan fingerprint density at radius 1 is 0.514 bits per heavy atom. The fourth-order valence-corrected chi connectivity index (χ4v) is 4.10. The van der Waals surface area contributed by atoms with Crippen molar-refractivity contribution >= 4 is 17.9 Å². The van der Waals surface area contributed by atoms with Crippen molar-refractivity contribution in [1.29, 1.82) is 0 Å². The van der Waals surface area contributed by atoms with Gasteiger partial charge in [0.1, 0.15) is 13.2 Å². The van der Waals surface area contributed by atoms with Gasteiger partial charge in [-0.2, -0.15) is 0 Å². The monoisotopic (exact) mass is 526 g/mol. The zero-order valence-electron chi connectivity index (χ0n) is 24.8. The maximum absolute atomic E-state index is 12.3. The van der Waals surface area contributed by atoms with Gasteiger partial charge in [0.25, 0.3) is 0 Å². The van der Waals surface area contributed by atoms with Crippen LogP contribution in [-0.2, 0) is 28.6 Å². The zero-order chi connectivity index (χ0) is 27.7. The van der Waals surface area contributed by atoms with E-state index in [1.165, 1.54) is 38.5 Å². The summed E-state index contributed by atoms with van der Waals surface area (Å²) in [6.07, 6.45) is 16.6. The summed E-state index contributed by atoms with van der Waals surface area (Å²) in [4.78, 5) is 36.6. The average Bonchev–Trinajstić information content (AvgIpc) is 2.84. The molecule has 0 radical (unpaired) electrons. The molecule has 0 aromatic rings. The van der Waals surface area contributed by atoms with Crippen molar-refractivity contribution in [3.63, 3.8) is 0 Å². The summed E-state index contributed by atoms with van der Waals surface area (Å²) in [6, 6.07) is 0. The number of unbranched alkanes of at least 4 members (excludes halogenated alkanes) is 10. The molecule has 0 saturated carbocycles. The van der Waals surface area contributed by atoms with Crippen molar-refractivity contribution in [2.75, 3.05) is 13.2 Å². The van der Waals surface area contributed by atoms with Gasteiger partial charge in [0.15, 0.2) is 6.10 Å². The van der Waals surface area contributed by atoms with Crippen LogP contribution >= 0.6 is 0 Å². The summed E-state index contributed by atoms with van der Waals surface area (Å²) in [7, 11) is 0. The lowest BCUT2D eigenvalue weighted by Crippen LogP contribution is -2.30. The molecule has 0 aromatic carbocycles. The van der Waals surface area contributed by atoms with Crippen molar-refractivity contribution < 1.29 is 28.6 Å². The molecule has 0 rings (SSSR count). The molecule has 0 heterocycles. The van der Waals surface area contributed by atoms with Gasteiger partial charge in [-0.25, -0.2) is 0 Å². The smallest absolute Gasteiger partial charge is 0.306 e. The molecule has 0 aliphatic heterocycles. The maximum atomic E-state index is 12.3. The number of ether oxygens (including phenoxy) is 3. The van der Waals surface area contributed by atoms with Crippen molar-refractivity contribution in [2.24, 2.45) is 11.8 Å². The first kappa shape index (κ1) is 35.4. The third-order valence-electron chi connectivity index (χ3n) is 6.47. The Labute approximate surface area is 228 Å². The van der Waals surface area contributed by atoms with Gasteiger partial charge in [-0.05, 0) is 31.1 Å². The molecule has 37 heavy (non-hydrogen) atoms. The van der Waals surface area contributed by atoms with Crippen LogP contribution in [0.15, 0.2) is 0 Å². The number of hydrogen-bond acceptors (Lipinski definition) is 6. The zero-order valence-corrected chi connectivity index (χ0v) is 24.8. The van der Waals surface area contributed by atoms with E-state index in [4.69, 9.17) is 14.2 Å². The predicted molar refractivity (Wildman–Crippen MR) is 150 cm³/mol. The van der Waals surface area contributed by atoms with E-state index in [9.17, 15) is 14.4 Å².